The number of rotatable bonds is 12. The lowest BCUT2D eigenvalue weighted by Crippen LogP contribution is -2.48. The third-order valence-electron chi connectivity index (χ3n) is 11.1. The molecule has 52 heavy (non-hydrogen) atoms. The third-order valence-corrected chi connectivity index (χ3v) is 20.1. The minimum Gasteiger partial charge on any atom is -0.497 e. The number of hydrogen-bond donors (Lipinski definition) is 1. The molecule has 1 aliphatic heterocycles. The van der Waals surface area contributed by atoms with Gasteiger partial charge in [0.05, 0.1) is 26.1 Å². The number of aromatic nitrogens is 4. The highest BCUT2D eigenvalue weighted by Gasteiger charge is 2.47. The van der Waals surface area contributed by atoms with Gasteiger partial charge in [0, 0.05) is 12.1 Å². The number of benzene rings is 3. The molecular weight excluding hydrogens is 687 g/mol. The van der Waals surface area contributed by atoms with Crippen LogP contribution in [0.3, 0.4) is 0 Å². The van der Waals surface area contributed by atoms with E-state index in [1.165, 1.54) is 0 Å². The number of fused-ring (bicyclic) bond motifs is 2. The Morgan fingerprint density at radius 3 is 2.25 bits per heavy atom. The Balaban J connectivity index is 1.35. The fourth-order valence-corrected chi connectivity index (χ4v) is 8.12. The Kier molecular flexibility index (Phi) is 10.6. The van der Waals surface area contributed by atoms with Crippen molar-refractivity contribution in [3.05, 3.63) is 78.6 Å². The first kappa shape index (κ1) is 37.9. The van der Waals surface area contributed by atoms with Crippen molar-refractivity contribution in [2.45, 2.75) is 109 Å². The molecule has 6 rings (SSSR count). The van der Waals surface area contributed by atoms with Crippen molar-refractivity contribution in [3.63, 3.8) is 0 Å². The molecule has 0 radical (unpaired) electrons. The number of nitrogens with one attached hydrogen (secondary N) is 1. The van der Waals surface area contributed by atoms with Gasteiger partial charge in [0.25, 0.3) is 0 Å². The quantitative estimate of drug-likeness (QED) is 0.125. The van der Waals surface area contributed by atoms with E-state index < -0.39 is 16.6 Å². The monoisotopic (exact) mass is 741 g/mol. The summed E-state index contributed by atoms with van der Waals surface area (Å²) in [6.07, 6.45) is 1.68. The predicted molar refractivity (Wildman–Crippen MR) is 214 cm³/mol. The number of hydrogen-bond acceptors (Lipinski definition) is 9. The molecule has 12 heteroatoms. The van der Waals surface area contributed by atoms with Gasteiger partial charge in [-0.1, -0.05) is 84.0 Å². The lowest BCUT2D eigenvalue weighted by atomic mass is 10.1. The second kappa shape index (κ2) is 14.5. The second-order valence-corrected chi connectivity index (χ2v) is 26.4. The maximum Gasteiger partial charge on any atom is 0.247 e. The van der Waals surface area contributed by atoms with Crippen LogP contribution in [0, 0.1) is 0 Å². The zero-order valence-corrected chi connectivity index (χ0v) is 34.6. The smallest absolute Gasteiger partial charge is 0.247 e. The molecule has 1 aliphatic rings. The van der Waals surface area contributed by atoms with E-state index >= 15 is 0 Å². The van der Waals surface area contributed by atoms with Gasteiger partial charge in [0.1, 0.15) is 24.7 Å². The Bertz CT molecular complexity index is 2010. The zero-order chi connectivity index (χ0) is 37.5. The van der Waals surface area contributed by atoms with Crippen LogP contribution in [-0.2, 0) is 20.2 Å². The SMILES string of the molecule is COc1ccc2cc(Nc3nc(OCc4ccccc4)c4ncn([C@H]5C[C@H](O[Si](C)(C)C(C)(C)C)[C@@H](CO[Si](C)(C)C(C)(C)C)O5)c4n3)ccc2c1. The Hall–Kier alpha value is -3.82. The minimum atomic E-state index is -2.13. The van der Waals surface area contributed by atoms with E-state index in [-0.39, 0.29) is 28.5 Å². The van der Waals surface area contributed by atoms with Gasteiger partial charge in [-0.3, -0.25) is 4.57 Å². The summed E-state index contributed by atoms with van der Waals surface area (Å²) >= 11 is 0. The lowest BCUT2D eigenvalue weighted by Gasteiger charge is -2.40. The van der Waals surface area contributed by atoms with Crippen LogP contribution in [-0.4, -0.2) is 62.1 Å². The van der Waals surface area contributed by atoms with Crippen molar-refractivity contribution in [3.8, 4) is 11.6 Å². The zero-order valence-electron chi connectivity index (χ0n) is 32.6. The number of anilines is 2. The van der Waals surface area contributed by atoms with Crippen LogP contribution < -0.4 is 14.8 Å². The minimum absolute atomic E-state index is 0.0469. The largest absolute Gasteiger partial charge is 0.497 e. The molecule has 1 fully saturated rings. The molecule has 278 valence electrons. The normalized spacial score (nSPS) is 18.6. The topological polar surface area (TPSA) is 102 Å². The maximum atomic E-state index is 7.07. The molecule has 5 aromatic rings. The molecule has 0 spiro atoms. The van der Waals surface area contributed by atoms with Gasteiger partial charge in [0.2, 0.25) is 11.8 Å². The molecule has 3 atom stereocenters. The Morgan fingerprint density at radius 2 is 1.56 bits per heavy atom. The predicted octanol–water partition coefficient (Wildman–Crippen LogP) is 10.0. The van der Waals surface area contributed by atoms with Crippen molar-refractivity contribution in [1.29, 1.82) is 0 Å². The van der Waals surface area contributed by atoms with E-state index in [0.717, 1.165) is 27.8 Å². The van der Waals surface area contributed by atoms with Gasteiger partial charge >= 0.3 is 0 Å². The van der Waals surface area contributed by atoms with Crippen LogP contribution in [0.15, 0.2) is 73.1 Å². The molecule has 0 amide bonds. The molecule has 0 saturated carbocycles. The molecule has 0 bridgehead atoms. The Morgan fingerprint density at radius 1 is 0.865 bits per heavy atom. The second-order valence-electron chi connectivity index (χ2n) is 16.9. The van der Waals surface area contributed by atoms with Crippen LogP contribution in [0.1, 0.15) is 59.8 Å². The highest BCUT2D eigenvalue weighted by atomic mass is 28.4. The van der Waals surface area contributed by atoms with E-state index in [0.29, 0.717) is 42.6 Å². The molecule has 0 unspecified atom stereocenters. The first-order chi connectivity index (χ1) is 24.4. The van der Waals surface area contributed by atoms with Crippen LogP contribution >= 0.6 is 0 Å². The van der Waals surface area contributed by atoms with Crippen molar-refractivity contribution in [2.75, 3.05) is 19.0 Å². The van der Waals surface area contributed by atoms with Gasteiger partial charge in [-0.25, -0.2) is 4.98 Å². The molecule has 2 aromatic heterocycles. The molecular formula is C40H55N5O5Si2. The Labute approximate surface area is 310 Å². The summed E-state index contributed by atoms with van der Waals surface area (Å²) in [5.74, 6) is 1.61. The number of imidazole rings is 1. The van der Waals surface area contributed by atoms with Crippen molar-refractivity contribution in [2.24, 2.45) is 0 Å². The van der Waals surface area contributed by atoms with E-state index in [9.17, 15) is 0 Å². The fraction of sp³-hybridized carbons (Fsp3) is 0.475. The third kappa shape index (κ3) is 8.21. The summed E-state index contributed by atoms with van der Waals surface area (Å²) in [5, 5.41) is 5.70. The van der Waals surface area contributed by atoms with Gasteiger partial charge < -0.3 is 28.4 Å². The summed E-state index contributed by atoms with van der Waals surface area (Å²) in [7, 11) is -2.49. The van der Waals surface area contributed by atoms with E-state index in [2.05, 4.69) is 85.2 Å². The van der Waals surface area contributed by atoms with Gasteiger partial charge in [-0.05, 0) is 76.9 Å². The van der Waals surface area contributed by atoms with Gasteiger partial charge in [0.15, 0.2) is 27.8 Å². The molecule has 3 aromatic carbocycles. The van der Waals surface area contributed by atoms with Crippen LogP contribution in [0.25, 0.3) is 21.9 Å². The fourth-order valence-electron chi connectivity index (χ4n) is 5.75. The van der Waals surface area contributed by atoms with Crippen molar-refractivity contribution in [1.82, 2.24) is 19.5 Å². The van der Waals surface area contributed by atoms with Crippen molar-refractivity contribution < 1.29 is 23.1 Å². The first-order valence-electron chi connectivity index (χ1n) is 18.2. The highest BCUT2D eigenvalue weighted by Crippen LogP contribution is 2.43. The van der Waals surface area contributed by atoms with Crippen LogP contribution in [0.2, 0.25) is 36.3 Å². The average molecular weight is 742 g/mol. The van der Waals surface area contributed by atoms with E-state index in [1.807, 2.05) is 59.2 Å². The molecule has 1 N–H and O–H groups in total. The van der Waals surface area contributed by atoms with Crippen LogP contribution in [0.4, 0.5) is 11.6 Å². The standard InChI is InChI=1S/C40H55N5O5Si2/c1-39(2,3)51(8,9)48-25-33-32(50-52(10,11)40(4,5)6)23-34(49-33)45-26-41-35-36(45)43-38(44-37(35)47-24-27-15-13-12-14-16-27)42-30-19-17-29-22-31(46-7)20-18-28(29)21-30/h12-22,26,32-34H,23-25H2,1-11H3,(H,42,43,44)/t32-,33+,34+/m0/s1. The summed E-state index contributed by atoms with van der Waals surface area (Å²) in [6, 6.07) is 22.2. The van der Waals surface area contributed by atoms with E-state index in [4.69, 9.17) is 38.0 Å². The molecule has 3 heterocycles. The summed E-state index contributed by atoms with van der Waals surface area (Å²) in [6.45, 7) is 23.6. The summed E-state index contributed by atoms with van der Waals surface area (Å²) in [4.78, 5) is 14.6. The highest BCUT2D eigenvalue weighted by molar-refractivity contribution is 6.74. The number of methoxy groups -OCH3 is 1. The first-order valence-corrected chi connectivity index (χ1v) is 24.0. The summed E-state index contributed by atoms with van der Waals surface area (Å²) < 4.78 is 34.5. The van der Waals surface area contributed by atoms with Crippen molar-refractivity contribution >= 4 is 50.2 Å². The number of nitrogens with zero attached hydrogens (tertiary/aromatic N) is 4. The maximum absolute atomic E-state index is 7.07. The molecule has 1 saturated heterocycles. The van der Waals surface area contributed by atoms with E-state index in [1.54, 1.807) is 13.4 Å². The van der Waals surface area contributed by atoms with Gasteiger partial charge in [-0.2, -0.15) is 9.97 Å². The number of ether oxygens (including phenoxy) is 3. The van der Waals surface area contributed by atoms with Crippen LogP contribution in [0.5, 0.6) is 11.6 Å². The lowest BCUT2D eigenvalue weighted by molar-refractivity contribution is -0.0383. The van der Waals surface area contributed by atoms with Gasteiger partial charge in [-0.15, -0.1) is 0 Å². The summed E-state index contributed by atoms with van der Waals surface area (Å²) in [5.41, 5.74) is 3.06. The molecule has 0 aliphatic carbocycles. The molecule has 10 nitrogen and oxygen atoms in total. The average Bonchev–Trinajstić information content (AvgIpc) is 3.69.